The Balaban J connectivity index is 1.79. The predicted octanol–water partition coefficient (Wildman–Crippen LogP) is 3.20. The lowest BCUT2D eigenvalue weighted by Crippen LogP contribution is -2.31. The van der Waals surface area contributed by atoms with E-state index in [0.717, 1.165) is 44.9 Å². The van der Waals surface area contributed by atoms with Gasteiger partial charge in [-0.15, -0.1) is 0 Å². The average Bonchev–Trinajstić information content (AvgIpc) is 3.09. The predicted molar refractivity (Wildman–Crippen MR) is 116 cm³/mol. The van der Waals surface area contributed by atoms with E-state index in [9.17, 15) is 28.1 Å². The second-order valence-corrected chi connectivity index (χ2v) is 9.25. The van der Waals surface area contributed by atoms with Gasteiger partial charge in [0.1, 0.15) is 0 Å². The second kappa shape index (κ2) is 9.88. The third-order valence-electron chi connectivity index (χ3n) is 5.13. The number of nitro groups is 1. The van der Waals surface area contributed by atoms with Crippen molar-refractivity contribution in [2.45, 2.75) is 30.6 Å². The van der Waals surface area contributed by atoms with Gasteiger partial charge in [-0.1, -0.05) is 12.8 Å². The highest BCUT2D eigenvalue weighted by molar-refractivity contribution is 7.89. The van der Waals surface area contributed by atoms with E-state index < -0.39 is 32.5 Å². The second-order valence-electron chi connectivity index (χ2n) is 7.31. The molecule has 0 bridgehead atoms. The number of nitrogens with zero attached hydrogens (tertiary/aromatic N) is 2. The van der Waals surface area contributed by atoms with Gasteiger partial charge in [-0.3, -0.25) is 14.9 Å². The quantitative estimate of drug-likeness (QED) is 0.396. The Kier molecular flexibility index (Phi) is 7.21. The van der Waals surface area contributed by atoms with Crippen LogP contribution >= 0.6 is 0 Å². The molecule has 170 valence electrons. The van der Waals surface area contributed by atoms with Crippen LogP contribution in [-0.4, -0.2) is 49.7 Å². The van der Waals surface area contributed by atoms with Crippen molar-refractivity contribution in [3.8, 4) is 0 Å². The van der Waals surface area contributed by atoms with E-state index in [1.807, 2.05) is 0 Å². The molecule has 2 aromatic carbocycles. The molecule has 10 nitrogen and oxygen atoms in total. The van der Waals surface area contributed by atoms with E-state index in [2.05, 4.69) is 10.1 Å². The number of amides is 1. The highest BCUT2D eigenvalue weighted by Gasteiger charge is 2.25. The molecular weight excluding hydrogens is 438 g/mol. The fraction of sp³-hybridized carbons (Fsp3) is 0.333. The van der Waals surface area contributed by atoms with Crippen molar-refractivity contribution >= 4 is 33.3 Å². The Morgan fingerprint density at radius 1 is 1.00 bits per heavy atom. The molecule has 1 aliphatic rings. The number of non-ortho nitro benzene ring substituents is 1. The molecular formula is C21H23N3O7S. The van der Waals surface area contributed by atoms with Crippen LogP contribution in [0, 0.1) is 10.1 Å². The molecule has 1 heterocycles. The van der Waals surface area contributed by atoms with Crippen LogP contribution in [-0.2, 0) is 14.8 Å². The van der Waals surface area contributed by atoms with E-state index in [4.69, 9.17) is 0 Å². The maximum atomic E-state index is 12.9. The van der Waals surface area contributed by atoms with Gasteiger partial charge in [0.15, 0.2) is 0 Å². The van der Waals surface area contributed by atoms with Gasteiger partial charge in [-0.2, -0.15) is 4.31 Å². The van der Waals surface area contributed by atoms with E-state index in [0.29, 0.717) is 18.8 Å². The van der Waals surface area contributed by atoms with Crippen LogP contribution < -0.4 is 5.32 Å². The summed E-state index contributed by atoms with van der Waals surface area (Å²) in [5.74, 6) is -1.51. The van der Waals surface area contributed by atoms with Crippen molar-refractivity contribution < 1.29 is 27.7 Å². The van der Waals surface area contributed by atoms with Crippen molar-refractivity contribution in [2.75, 3.05) is 25.5 Å². The summed E-state index contributed by atoms with van der Waals surface area (Å²) in [4.78, 5) is 34.9. The van der Waals surface area contributed by atoms with Gasteiger partial charge in [-0.25, -0.2) is 13.2 Å². The van der Waals surface area contributed by atoms with Crippen molar-refractivity contribution in [3.63, 3.8) is 0 Å². The summed E-state index contributed by atoms with van der Waals surface area (Å²) in [5, 5.41) is 13.7. The van der Waals surface area contributed by atoms with Crippen LogP contribution in [0.5, 0.6) is 0 Å². The zero-order valence-corrected chi connectivity index (χ0v) is 18.3. The molecule has 0 unspecified atom stereocenters. The smallest absolute Gasteiger partial charge is 0.338 e. The molecule has 0 atom stereocenters. The lowest BCUT2D eigenvalue weighted by Gasteiger charge is -2.20. The minimum Gasteiger partial charge on any atom is -0.465 e. The van der Waals surface area contributed by atoms with Gasteiger partial charge >= 0.3 is 5.97 Å². The number of esters is 1. The van der Waals surface area contributed by atoms with Crippen LogP contribution in [0.3, 0.4) is 0 Å². The molecule has 0 spiro atoms. The van der Waals surface area contributed by atoms with Gasteiger partial charge in [0, 0.05) is 36.5 Å². The summed E-state index contributed by atoms with van der Waals surface area (Å²) in [7, 11) is -2.49. The van der Waals surface area contributed by atoms with Gasteiger partial charge in [-0.05, 0) is 43.2 Å². The molecule has 0 radical (unpaired) electrons. The van der Waals surface area contributed by atoms with E-state index in [1.54, 1.807) is 0 Å². The lowest BCUT2D eigenvalue weighted by atomic mass is 10.1. The fourth-order valence-corrected chi connectivity index (χ4v) is 4.95. The van der Waals surface area contributed by atoms with Gasteiger partial charge in [0.25, 0.3) is 11.6 Å². The Hall–Kier alpha value is -3.31. The zero-order valence-electron chi connectivity index (χ0n) is 17.4. The minimum atomic E-state index is -3.62. The molecule has 1 fully saturated rings. The van der Waals surface area contributed by atoms with Gasteiger partial charge in [0.05, 0.1) is 22.5 Å². The van der Waals surface area contributed by atoms with Crippen molar-refractivity contribution in [1.29, 1.82) is 0 Å². The minimum absolute atomic E-state index is 0.110. The summed E-state index contributed by atoms with van der Waals surface area (Å²) < 4.78 is 31.8. The van der Waals surface area contributed by atoms with Crippen LogP contribution in [0.4, 0.5) is 11.4 Å². The number of carbonyl (C=O) groups is 2. The number of carbonyl (C=O) groups excluding carboxylic acids is 2. The number of nitrogens with one attached hydrogen (secondary N) is 1. The van der Waals surface area contributed by atoms with Gasteiger partial charge < -0.3 is 10.1 Å². The number of nitro benzene ring substituents is 1. The third-order valence-corrected chi connectivity index (χ3v) is 7.04. The molecule has 0 aromatic heterocycles. The zero-order chi connectivity index (χ0) is 23.3. The number of hydrogen-bond acceptors (Lipinski definition) is 7. The maximum absolute atomic E-state index is 12.9. The van der Waals surface area contributed by atoms with E-state index in [-0.39, 0.29) is 16.0 Å². The molecule has 2 aromatic rings. The number of anilines is 1. The molecule has 1 saturated heterocycles. The highest BCUT2D eigenvalue weighted by Crippen LogP contribution is 2.23. The maximum Gasteiger partial charge on any atom is 0.338 e. The third kappa shape index (κ3) is 5.29. The first-order valence-electron chi connectivity index (χ1n) is 10.0. The average molecular weight is 461 g/mol. The standard InChI is InChI=1S/C21H23N3O7S/c1-31-21(26)16-12-15(13-18(14-16)24(27)28)20(25)22-17-6-8-19(9-7-17)32(29,30)23-10-4-2-3-5-11-23/h6-9,12-14H,2-5,10-11H2,1H3,(H,22,25). The molecule has 11 heteroatoms. The normalized spacial score (nSPS) is 14.9. The first kappa shape index (κ1) is 23.4. The number of benzene rings is 2. The van der Waals surface area contributed by atoms with E-state index >= 15 is 0 Å². The van der Waals surface area contributed by atoms with Crippen molar-refractivity contribution in [3.05, 3.63) is 63.7 Å². The Morgan fingerprint density at radius 3 is 2.16 bits per heavy atom. The molecule has 3 rings (SSSR count). The molecule has 1 aliphatic heterocycles. The summed E-state index contributed by atoms with van der Waals surface area (Å²) in [6.45, 7) is 0.965. The van der Waals surface area contributed by atoms with Crippen LogP contribution in [0.2, 0.25) is 0 Å². The van der Waals surface area contributed by atoms with Crippen LogP contribution in [0.15, 0.2) is 47.4 Å². The topological polar surface area (TPSA) is 136 Å². The number of ether oxygens (including phenoxy) is 1. The molecule has 0 aliphatic carbocycles. The monoisotopic (exact) mass is 461 g/mol. The first-order valence-corrected chi connectivity index (χ1v) is 11.5. The number of rotatable bonds is 6. The molecule has 1 N–H and O–H groups in total. The molecule has 0 saturated carbocycles. The van der Waals surface area contributed by atoms with Gasteiger partial charge in [0.2, 0.25) is 10.0 Å². The summed E-state index contributed by atoms with van der Waals surface area (Å²) in [5.41, 5.74) is -0.375. The summed E-state index contributed by atoms with van der Waals surface area (Å²) in [6.07, 6.45) is 3.66. The number of methoxy groups -OCH3 is 1. The molecule has 1 amide bonds. The fourth-order valence-electron chi connectivity index (χ4n) is 3.43. The van der Waals surface area contributed by atoms with Crippen LogP contribution in [0.25, 0.3) is 0 Å². The Morgan fingerprint density at radius 2 is 1.59 bits per heavy atom. The molecule has 32 heavy (non-hydrogen) atoms. The van der Waals surface area contributed by atoms with Crippen molar-refractivity contribution in [2.24, 2.45) is 0 Å². The Labute approximate surface area is 185 Å². The van der Waals surface area contributed by atoms with Crippen molar-refractivity contribution in [1.82, 2.24) is 4.31 Å². The largest absolute Gasteiger partial charge is 0.465 e. The Bertz CT molecular complexity index is 1120. The number of sulfonamides is 1. The SMILES string of the molecule is COC(=O)c1cc(C(=O)Nc2ccc(S(=O)(=O)N3CCCCCC3)cc2)cc([N+](=O)[O-])c1. The summed E-state index contributed by atoms with van der Waals surface area (Å²) >= 11 is 0. The van der Waals surface area contributed by atoms with Crippen LogP contribution in [0.1, 0.15) is 46.4 Å². The first-order chi connectivity index (χ1) is 15.2. The lowest BCUT2D eigenvalue weighted by molar-refractivity contribution is -0.384. The van der Waals surface area contributed by atoms with E-state index in [1.165, 1.54) is 34.6 Å². The summed E-state index contributed by atoms with van der Waals surface area (Å²) in [6, 6.07) is 8.95. The highest BCUT2D eigenvalue weighted by atomic mass is 32.2. The number of hydrogen-bond donors (Lipinski definition) is 1.